The highest BCUT2D eigenvalue weighted by molar-refractivity contribution is 8.67. The van der Waals surface area contributed by atoms with Gasteiger partial charge in [-0.1, -0.05) is 0 Å². The van der Waals surface area contributed by atoms with E-state index in [1.807, 2.05) is 0 Å². The Bertz CT molecular complexity index is 92.3. The van der Waals surface area contributed by atoms with Crippen molar-refractivity contribution in [2.24, 2.45) is 0 Å². The van der Waals surface area contributed by atoms with E-state index in [2.05, 4.69) is 0 Å². The van der Waals surface area contributed by atoms with E-state index in [0.29, 0.717) is 0 Å². The molecule has 0 bridgehead atoms. The van der Waals surface area contributed by atoms with Crippen LogP contribution in [0, 0.1) is 0 Å². The second-order valence-electron chi connectivity index (χ2n) is 1.08. The van der Waals surface area contributed by atoms with Crippen LogP contribution in [0.25, 0.3) is 0 Å². The van der Waals surface area contributed by atoms with Gasteiger partial charge in [0, 0.05) is 0 Å². The van der Waals surface area contributed by atoms with Gasteiger partial charge in [-0.15, -0.1) is 13.2 Å². The van der Waals surface area contributed by atoms with Crippen LogP contribution >= 0.6 is 0 Å². The Labute approximate surface area is 55.2 Å². The molecule has 0 rings (SSSR count). The summed E-state index contributed by atoms with van der Waals surface area (Å²) in [4.78, 5) is 0. The first-order chi connectivity index (χ1) is 3.85. The van der Waals surface area contributed by atoms with Gasteiger partial charge in [0.1, 0.15) is 6.26 Å². The molecule has 0 aliphatic rings. The summed E-state index contributed by atoms with van der Waals surface area (Å²) < 4.78 is 53.4. The first kappa shape index (κ1) is 9.41. The van der Waals surface area contributed by atoms with Gasteiger partial charge in [0.15, 0.2) is 10.2 Å². The number of hydrogen-bond acceptors (Lipinski definition) is 2. The molecule has 0 fully saturated rings. The van der Waals surface area contributed by atoms with E-state index < -0.39 is 25.9 Å². The molecule has 2 unspecified atom stereocenters. The van der Waals surface area contributed by atoms with Crippen LogP contribution in [0.3, 0.4) is 0 Å². The maximum absolute atomic E-state index is 11.2. The summed E-state index contributed by atoms with van der Waals surface area (Å²) in [6.07, 6.45) is 0.740. The van der Waals surface area contributed by atoms with E-state index in [1.165, 1.54) is 0 Å². The highest BCUT2D eigenvalue weighted by atomic mass is 33.2. The highest BCUT2D eigenvalue weighted by Crippen LogP contribution is 2.26. The second-order valence-corrected chi connectivity index (χ2v) is 5.13. The van der Waals surface area contributed by atoms with E-state index in [4.69, 9.17) is 0 Å². The largest absolute Gasteiger partial charge is 0.622 e. The van der Waals surface area contributed by atoms with Crippen LogP contribution in [0.15, 0.2) is 0 Å². The third-order valence-electron chi connectivity index (χ3n) is 0.402. The zero-order chi connectivity index (χ0) is 7.65. The van der Waals surface area contributed by atoms with E-state index in [9.17, 15) is 22.3 Å². The van der Waals surface area contributed by atoms with Crippen molar-refractivity contribution in [1.29, 1.82) is 0 Å². The Hall–Kier alpha value is 0.410. The molecule has 56 valence electrons. The summed E-state index contributed by atoms with van der Waals surface area (Å²) in [5.41, 5.74) is -4.85. The lowest BCUT2D eigenvalue weighted by molar-refractivity contribution is -0.0411. The highest BCUT2D eigenvalue weighted by Gasteiger charge is 2.53. The molecule has 0 radical (unpaired) electrons. The lowest BCUT2D eigenvalue weighted by Gasteiger charge is -2.08. The minimum Gasteiger partial charge on any atom is -0.571 e. The van der Waals surface area contributed by atoms with Crippen molar-refractivity contribution in [2.75, 3.05) is 6.26 Å². The Morgan fingerprint density at radius 1 is 1.22 bits per heavy atom. The molecule has 0 spiro atoms. The molecule has 0 saturated carbocycles. The normalized spacial score (nSPS) is 19.3. The number of rotatable bonds is 1. The molecule has 2 atom stereocenters. The van der Waals surface area contributed by atoms with Crippen LogP contribution in [0.1, 0.15) is 0 Å². The van der Waals surface area contributed by atoms with Crippen molar-refractivity contribution in [2.45, 2.75) is 5.51 Å². The molecule has 0 aromatic heterocycles. The van der Waals surface area contributed by atoms with Crippen molar-refractivity contribution < 1.29 is 22.3 Å². The van der Waals surface area contributed by atoms with Gasteiger partial charge in [0.2, 0.25) is 0 Å². The molecular formula is C2H3F3O2S2. The van der Waals surface area contributed by atoms with Gasteiger partial charge >= 0.3 is 5.51 Å². The average molecular weight is 180 g/mol. The van der Waals surface area contributed by atoms with Gasteiger partial charge < -0.3 is 9.11 Å². The molecule has 0 aliphatic heterocycles. The molecule has 0 heterocycles. The Morgan fingerprint density at radius 2 is 1.56 bits per heavy atom. The van der Waals surface area contributed by atoms with E-state index in [1.54, 1.807) is 0 Å². The molecular weight excluding hydrogens is 177 g/mol. The first-order valence-corrected chi connectivity index (χ1v) is 4.90. The molecule has 0 aromatic rings. The van der Waals surface area contributed by atoms with Gasteiger partial charge in [0.25, 0.3) is 10.2 Å². The van der Waals surface area contributed by atoms with Crippen LogP contribution in [-0.4, -0.2) is 20.9 Å². The Morgan fingerprint density at radius 3 is 1.56 bits per heavy atom. The first-order valence-electron chi connectivity index (χ1n) is 1.68. The molecule has 0 amide bonds. The van der Waals surface area contributed by atoms with Crippen molar-refractivity contribution in [3.05, 3.63) is 0 Å². The maximum Gasteiger partial charge on any atom is 0.622 e. The zero-order valence-corrected chi connectivity index (χ0v) is 5.90. The summed E-state index contributed by atoms with van der Waals surface area (Å²) in [6.45, 7) is 0. The average Bonchev–Trinajstić information content (AvgIpc) is 1.62. The maximum atomic E-state index is 11.2. The molecule has 0 aromatic carbocycles. The molecule has 7 heteroatoms. The summed E-state index contributed by atoms with van der Waals surface area (Å²) in [5.74, 6) is 0. The van der Waals surface area contributed by atoms with Gasteiger partial charge in [-0.25, -0.2) is 0 Å². The van der Waals surface area contributed by atoms with Crippen molar-refractivity contribution in [1.82, 2.24) is 0 Å². The van der Waals surface area contributed by atoms with Crippen molar-refractivity contribution in [3.63, 3.8) is 0 Å². The predicted molar refractivity (Wildman–Crippen MR) is 28.3 cm³/mol. The number of hydrogen-bond donors (Lipinski definition) is 0. The minimum absolute atomic E-state index is 0.740. The van der Waals surface area contributed by atoms with Gasteiger partial charge in [0.05, 0.1) is 0 Å². The fourth-order valence-corrected chi connectivity index (χ4v) is 1.20. The van der Waals surface area contributed by atoms with Gasteiger partial charge in [-0.2, -0.15) is 0 Å². The standard InChI is InChI=1S/C2H3F3O2S2/c1-8(6)9(7)2(3,4)5/h1H3. The number of alkyl halides is 3. The molecule has 0 aliphatic carbocycles. The fraction of sp³-hybridized carbons (Fsp3) is 1.00. The Balaban J connectivity index is 3.88. The quantitative estimate of drug-likeness (QED) is 0.437. The van der Waals surface area contributed by atoms with Crippen LogP contribution < -0.4 is 0 Å². The van der Waals surface area contributed by atoms with Crippen LogP contribution in [0.2, 0.25) is 0 Å². The Kier molecular flexibility index (Phi) is 3.13. The van der Waals surface area contributed by atoms with E-state index in [0.717, 1.165) is 6.26 Å². The summed E-state index contributed by atoms with van der Waals surface area (Å²) in [5, 5.41) is 0. The van der Waals surface area contributed by atoms with E-state index >= 15 is 0 Å². The second kappa shape index (κ2) is 3.00. The predicted octanol–water partition coefficient (Wildman–Crippen LogP) is 0.548. The smallest absolute Gasteiger partial charge is 0.571 e. The third-order valence-corrected chi connectivity index (χ3v) is 3.05. The minimum atomic E-state index is -4.85. The molecule has 2 nitrogen and oxygen atoms in total. The van der Waals surface area contributed by atoms with Gasteiger partial charge in [-0.05, 0) is 0 Å². The third kappa shape index (κ3) is 3.19. The topological polar surface area (TPSA) is 46.1 Å². The number of halogens is 3. The zero-order valence-electron chi connectivity index (χ0n) is 4.27. The molecule has 9 heavy (non-hydrogen) atoms. The van der Waals surface area contributed by atoms with Crippen molar-refractivity contribution in [3.8, 4) is 0 Å². The lowest BCUT2D eigenvalue weighted by atomic mass is 11.6. The SMILES string of the molecule is C[S+]([O-])[S+]([O-])C(F)(F)F. The lowest BCUT2D eigenvalue weighted by Crippen LogP contribution is -2.29. The van der Waals surface area contributed by atoms with E-state index in [-0.39, 0.29) is 0 Å². The fourth-order valence-electron chi connectivity index (χ4n) is 0.133. The summed E-state index contributed by atoms with van der Waals surface area (Å²) in [7, 11) is -5.55. The van der Waals surface area contributed by atoms with Crippen LogP contribution in [-0.2, 0) is 20.4 Å². The monoisotopic (exact) mass is 180 g/mol. The van der Waals surface area contributed by atoms with Gasteiger partial charge in [-0.3, -0.25) is 0 Å². The molecule has 0 saturated heterocycles. The van der Waals surface area contributed by atoms with Crippen LogP contribution in [0.5, 0.6) is 0 Å². The van der Waals surface area contributed by atoms with Crippen molar-refractivity contribution >= 4 is 20.4 Å². The summed E-state index contributed by atoms with van der Waals surface area (Å²) in [6, 6.07) is 0. The van der Waals surface area contributed by atoms with Crippen LogP contribution in [0.4, 0.5) is 13.2 Å². The molecule has 0 N–H and O–H groups in total. The summed E-state index contributed by atoms with van der Waals surface area (Å²) >= 11 is 0.